The molecule has 0 saturated carbocycles. The lowest BCUT2D eigenvalue weighted by molar-refractivity contribution is 0.388. The Morgan fingerprint density at radius 3 is 2.82 bits per heavy atom. The van der Waals surface area contributed by atoms with Gasteiger partial charge in [-0.05, 0) is 30.7 Å². The number of fused-ring (bicyclic) bond motifs is 1. The maximum Gasteiger partial charge on any atom is 0.142 e. The van der Waals surface area contributed by atoms with Gasteiger partial charge in [0.1, 0.15) is 17.2 Å². The molecule has 0 saturated heterocycles. The fourth-order valence-electron chi connectivity index (χ4n) is 2.28. The van der Waals surface area contributed by atoms with Crippen molar-refractivity contribution in [2.75, 3.05) is 7.11 Å². The Hall–Kier alpha value is -1.81. The van der Waals surface area contributed by atoms with Gasteiger partial charge in [-0.1, -0.05) is 5.16 Å². The summed E-state index contributed by atoms with van der Waals surface area (Å²) < 4.78 is 10.5. The Bertz CT molecular complexity index is 531. The number of methoxy groups -OCH3 is 1. The molecule has 4 nitrogen and oxygen atoms in total. The molecule has 0 aliphatic heterocycles. The number of hydrogen-bond acceptors (Lipinski definition) is 4. The van der Waals surface area contributed by atoms with Crippen LogP contribution in [0.2, 0.25) is 0 Å². The van der Waals surface area contributed by atoms with Crippen LogP contribution in [0.3, 0.4) is 0 Å². The van der Waals surface area contributed by atoms with Gasteiger partial charge in [0.15, 0.2) is 0 Å². The number of rotatable bonds is 2. The third-order valence-electron chi connectivity index (χ3n) is 3.22. The Morgan fingerprint density at radius 1 is 1.35 bits per heavy atom. The molecule has 1 aromatic carbocycles. The van der Waals surface area contributed by atoms with Crippen molar-refractivity contribution in [3.63, 3.8) is 0 Å². The van der Waals surface area contributed by atoms with Crippen LogP contribution in [0.5, 0.6) is 5.75 Å². The van der Waals surface area contributed by atoms with Gasteiger partial charge < -0.3 is 15.0 Å². The Morgan fingerprint density at radius 2 is 2.12 bits per heavy atom. The van der Waals surface area contributed by atoms with E-state index in [-0.39, 0.29) is 6.04 Å². The minimum absolute atomic E-state index is 0.0494. The minimum Gasteiger partial charge on any atom is -0.497 e. The zero-order valence-corrected chi connectivity index (χ0v) is 9.64. The Balaban J connectivity index is 2.04. The van der Waals surface area contributed by atoms with Crippen molar-refractivity contribution in [3.05, 3.63) is 35.6 Å². The average Bonchev–Trinajstić information content (AvgIpc) is 2.93. The molecule has 0 bridgehead atoms. The van der Waals surface area contributed by atoms with Crippen LogP contribution < -0.4 is 10.5 Å². The SMILES string of the molecule is COc1ccc(-c2noc3c2C(N)CC3)cc1. The molecule has 0 amide bonds. The van der Waals surface area contributed by atoms with E-state index in [0.717, 1.165) is 41.2 Å². The second-order valence-corrected chi connectivity index (χ2v) is 4.24. The van der Waals surface area contributed by atoms with Crippen LogP contribution >= 0.6 is 0 Å². The molecule has 88 valence electrons. The summed E-state index contributed by atoms with van der Waals surface area (Å²) in [5.41, 5.74) is 9.01. The van der Waals surface area contributed by atoms with Gasteiger partial charge >= 0.3 is 0 Å². The molecular formula is C13H14N2O2. The standard InChI is InChI=1S/C13H14N2O2/c1-16-9-4-2-8(3-5-9)13-12-10(14)6-7-11(12)17-15-13/h2-5,10H,6-7,14H2,1H3. The van der Waals surface area contributed by atoms with Gasteiger partial charge in [0.25, 0.3) is 0 Å². The lowest BCUT2D eigenvalue weighted by Gasteiger charge is -2.05. The summed E-state index contributed by atoms with van der Waals surface area (Å²) in [7, 11) is 1.65. The minimum atomic E-state index is 0.0494. The summed E-state index contributed by atoms with van der Waals surface area (Å²) in [4.78, 5) is 0. The molecule has 1 atom stereocenters. The first-order valence-electron chi connectivity index (χ1n) is 5.68. The molecule has 1 aromatic heterocycles. The van der Waals surface area contributed by atoms with E-state index in [1.807, 2.05) is 24.3 Å². The van der Waals surface area contributed by atoms with Crippen LogP contribution in [0, 0.1) is 0 Å². The number of aryl methyl sites for hydroxylation is 1. The van der Waals surface area contributed by atoms with Crippen LogP contribution in [-0.4, -0.2) is 12.3 Å². The van der Waals surface area contributed by atoms with Crippen LogP contribution in [0.4, 0.5) is 0 Å². The number of nitrogens with zero attached hydrogens (tertiary/aromatic N) is 1. The monoisotopic (exact) mass is 230 g/mol. The lowest BCUT2D eigenvalue weighted by Crippen LogP contribution is -2.06. The molecule has 0 fully saturated rings. The van der Waals surface area contributed by atoms with Gasteiger partial charge in [0, 0.05) is 23.6 Å². The van der Waals surface area contributed by atoms with Crippen molar-refractivity contribution < 1.29 is 9.26 Å². The van der Waals surface area contributed by atoms with Crippen LogP contribution in [0.15, 0.2) is 28.8 Å². The van der Waals surface area contributed by atoms with Gasteiger partial charge in [-0.3, -0.25) is 0 Å². The predicted molar refractivity (Wildman–Crippen MR) is 63.7 cm³/mol. The van der Waals surface area contributed by atoms with E-state index in [0.29, 0.717) is 0 Å². The van der Waals surface area contributed by atoms with Crippen molar-refractivity contribution in [2.45, 2.75) is 18.9 Å². The van der Waals surface area contributed by atoms with Gasteiger partial charge in [0.05, 0.1) is 7.11 Å². The van der Waals surface area contributed by atoms with E-state index in [2.05, 4.69) is 5.16 Å². The maximum atomic E-state index is 6.06. The largest absolute Gasteiger partial charge is 0.497 e. The number of aromatic nitrogens is 1. The highest BCUT2D eigenvalue weighted by atomic mass is 16.5. The molecule has 17 heavy (non-hydrogen) atoms. The number of ether oxygens (including phenoxy) is 1. The Labute approximate surface area is 99.4 Å². The molecule has 0 spiro atoms. The predicted octanol–water partition coefficient (Wildman–Crippen LogP) is 2.30. The summed E-state index contributed by atoms with van der Waals surface area (Å²) in [6.07, 6.45) is 1.83. The van der Waals surface area contributed by atoms with Crippen LogP contribution in [0.25, 0.3) is 11.3 Å². The molecule has 1 aliphatic rings. The number of benzene rings is 1. The van der Waals surface area contributed by atoms with E-state index in [1.54, 1.807) is 7.11 Å². The zero-order valence-electron chi connectivity index (χ0n) is 9.64. The third-order valence-corrected chi connectivity index (χ3v) is 3.22. The molecule has 1 unspecified atom stereocenters. The van der Waals surface area contributed by atoms with E-state index in [4.69, 9.17) is 15.0 Å². The summed E-state index contributed by atoms with van der Waals surface area (Å²) in [6.45, 7) is 0. The first kappa shape index (κ1) is 10.4. The Kier molecular flexibility index (Phi) is 2.37. The van der Waals surface area contributed by atoms with Crippen molar-refractivity contribution in [2.24, 2.45) is 5.73 Å². The summed E-state index contributed by atoms with van der Waals surface area (Å²) >= 11 is 0. The summed E-state index contributed by atoms with van der Waals surface area (Å²) in [5, 5.41) is 4.12. The van der Waals surface area contributed by atoms with Crippen LogP contribution in [0.1, 0.15) is 23.8 Å². The molecule has 1 heterocycles. The third kappa shape index (κ3) is 1.61. The second kappa shape index (κ2) is 3.89. The van der Waals surface area contributed by atoms with E-state index in [1.165, 1.54) is 0 Å². The molecule has 1 aliphatic carbocycles. The first-order valence-corrected chi connectivity index (χ1v) is 5.68. The summed E-state index contributed by atoms with van der Waals surface area (Å²) in [5.74, 6) is 1.77. The van der Waals surface area contributed by atoms with Gasteiger partial charge in [-0.15, -0.1) is 0 Å². The van der Waals surface area contributed by atoms with E-state index >= 15 is 0 Å². The fraction of sp³-hybridized carbons (Fsp3) is 0.308. The average molecular weight is 230 g/mol. The highest BCUT2D eigenvalue weighted by Gasteiger charge is 2.28. The van der Waals surface area contributed by atoms with Crippen molar-refractivity contribution >= 4 is 0 Å². The molecule has 2 aromatic rings. The molecule has 2 N–H and O–H groups in total. The molecule has 4 heteroatoms. The van der Waals surface area contributed by atoms with Crippen molar-refractivity contribution in [1.29, 1.82) is 0 Å². The topological polar surface area (TPSA) is 61.3 Å². The molecule has 3 rings (SSSR count). The quantitative estimate of drug-likeness (QED) is 0.859. The lowest BCUT2D eigenvalue weighted by atomic mass is 10.0. The first-order chi connectivity index (χ1) is 8.29. The molecular weight excluding hydrogens is 216 g/mol. The zero-order chi connectivity index (χ0) is 11.8. The van der Waals surface area contributed by atoms with E-state index < -0.39 is 0 Å². The van der Waals surface area contributed by atoms with Gasteiger partial charge in [-0.25, -0.2) is 0 Å². The van der Waals surface area contributed by atoms with Crippen LogP contribution in [-0.2, 0) is 6.42 Å². The van der Waals surface area contributed by atoms with Crippen molar-refractivity contribution in [1.82, 2.24) is 5.16 Å². The summed E-state index contributed by atoms with van der Waals surface area (Å²) in [6, 6.07) is 7.82. The fourth-order valence-corrected chi connectivity index (χ4v) is 2.28. The van der Waals surface area contributed by atoms with Gasteiger partial charge in [0.2, 0.25) is 0 Å². The van der Waals surface area contributed by atoms with Gasteiger partial charge in [-0.2, -0.15) is 0 Å². The van der Waals surface area contributed by atoms with Crippen molar-refractivity contribution in [3.8, 4) is 17.0 Å². The number of nitrogens with two attached hydrogens (primary N) is 1. The normalized spacial score (nSPS) is 18.1. The van der Waals surface area contributed by atoms with E-state index in [9.17, 15) is 0 Å². The highest BCUT2D eigenvalue weighted by Crippen LogP contribution is 2.37. The maximum absolute atomic E-state index is 6.06. The second-order valence-electron chi connectivity index (χ2n) is 4.24. The highest BCUT2D eigenvalue weighted by molar-refractivity contribution is 5.65. The smallest absolute Gasteiger partial charge is 0.142 e. The number of hydrogen-bond donors (Lipinski definition) is 1. The molecule has 0 radical (unpaired) electrons.